The largest absolute Gasteiger partial charge is 0.480 e. The summed E-state index contributed by atoms with van der Waals surface area (Å²) in [4.78, 5) is 23.8. The third kappa shape index (κ3) is 3.39. The zero-order valence-electron chi connectivity index (χ0n) is 8.73. The van der Waals surface area contributed by atoms with Crippen molar-refractivity contribution < 1.29 is 19.4 Å². The van der Waals surface area contributed by atoms with Gasteiger partial charge in [-0.05, 0) is 6.42 Å². The van der Waals surface area contributed by atoms with Crippen molar-refractivity contribution in [1.82, 2.24) is 10.2 Å². The van der Waals surface area contributed by atoms with E-state index in [1.54, 1.807) is 11.8 Å². The second-order valence-electron chi connectivity index (χ2n) is 3.35. The number of carboxylic acid groups (broad SMARTS) is 1. The first-order chi connectivity index (χ1) is 7.15. The molecule has 0 spiro atoms. The fourth-order valence-corrected chi connectivity index (χ4v) is 1.35. The maximum atomic E-state index is 11.6. The van der Waals surface area contributed by atoms with Crippen LogP contribution >= 0.6 is 0 Å². The number of amides is 2. The van der Waals surface area contributed by atoms with Gasteiger partial charge in [0.15, 0.2) is 0 Å². The molecule has 6 heteroatoms. The van der Waals surface area contributed by atoms with Crippen LogP contribution in [0.3, 0.4) is 0 Å². The maximum Gasteiger partial charge on any atom is 0.326 e. The Labute approximate surface area is 88.2 Å². The number of carbonyl (C=O) groups excluding carboxylic acids is 1. The maximum absolute atomic E-state index is 11.6. The van der Waals surface area contributed by atoms with E-state index in [1.165, 1.54) is 0 Å². The number of hydrogen-bond donors (Lipinski definition) is 2. The average molecular weight is 216 g/mol. The summed E-state index contributed by atoms with van der Waals surface area (Å²) < 4.78 is 5.09. The molecular formula is C9H16N2O4. The molecule has 1 fully saturated rings. The zero-order valence-corrected chi connectivity index (χ0v) is 8.73. The number of carboxylic acids is 1. The van der Waals surface area contributed by atoms with Gasteiger partial charge in [0.25, 0.3) is 0 Å². The van der Waals surface area contributed by atoms with Crippen LogP contribution in [-0.2, 0) is 9.53 Å². The summed E-state index contributed by atoms with van der Waals surface area (Å²) in [5, 5.41) is 11.2. The van der Waals surface area contributed by atoms with Crippen LogP contribution in [-0.4, -0.2) is 54.4 Å². The molecule has 1 rings (SSSR count). The SMILES string of the molecule is CC[C@@H](NC(=O)N1CCOCC1)C(=O)O. The van der Waals surface area contributed by atoms with Gasteiger partial charge in [0.2, 0.25) is 0 Å². The number of urea groups is 1. The van der Waals surface area contributed by atoms with Crippen molar-refractivity contribution >= 4 is 12.0 Å². The summed E-state index contributed by atoms with van der Waals surface area (Å²) in [6.07, 6.45) is 0.380. The first-order valence-corrected chi connectivity index (χ1v) is 5.01. The van der Waals surface area contributed by atoms with E-state index >= 15 is 0 Å². The van der Waals surface area contributed by atoms with E-state index in [0.717, 1.165) is 0 Å². The van der Waals surface area contributed by atoms with Gasteiger partial charge in [-0.2, -0.15) is 0 Å². The summed E-state index contributed by atoms with van der Waals surface area (Å²) in [7, 11) is 0. The smallest absolute Gasteiger partial charge is 0.326 e. The van der Waals surface area contributed by atoms with E-state index in [9.17, 15) is 9.59 Å². The molecule has 1 atom stereocenters. The minimum absolute atomic E-state index is 0.326. The molecule has 0 bridgehead atoms. The number of aliphatic carboxylic acids is 1. The standard InChI is InChI=1S/C9H16N2O4/c1-2-7(8(12)13)10-9(14)11-3-5-15-6-4-11/h7H,2-6H2,1H3,(H,10,14)(H,12,13)/t7-/m1/s1. The molecule has 1 aliphatic heterocycles. The molecular weight excluding hydrogens is 200 g/mol. The lowest BCUT2D eigenvalue weighted by molar-refractivity contribution is -0.139. The Bertz CT molecular complexity index is 238. The Morgan fingerprint density at radius 3 is 2.53 bits per heavy atom. The van der Waals surface area contributed by atoms with Crippen molar-refractivity contribution in [3.8, 4) is 0 Å². The van der Waals surface area contributed by atoms with Gasteiger partial charge in [-0.3, -0.25) is 0 Å². The van der Waals surface area contributed by atoms with E-state index in [2.05, 4.69) is 5.32 Å². The highest BCUT2D eigenvalue weighted by Crippen LogP contribution is 1.99. The Kier molecular flexibility index (Phi) is 4.36. The average Bonchev–Trinajstić information content (AvgIpc) is 2.26. The lowest BCUT2D eigenvalue weighted by Crippen LogP contribution is -2.51. The van der Waals surface area contributed by atoms with Gasteiger partial charge in [-0.25, -0.2) is 9.59 Å². The van der Waals surface area contributed by atoms with Crippen molar-refractivity contribution in [2.75, 3.05) is 26.3 Å². The third-order valence-corrected chi connectivity index (χ3v) is 2.30. The predicted molar refractivity (Wildman–Crippen MR) is 52.6 cm³/mol. The summed E-state index contributed by atoms with van der Waals surface area (Å²) in [6, 6.07) is -1.13. The second-order valence-corrected chi connectivity index (χ2v) is 3.35. The molecule has 0 aromatic rings. The summed E-state index contributed by atoms with van der Waals surface area (Å²) >= 11 is 0. The summed E-state index contributed by atoms with van der Waals surface area (Å²) in [5.41, 5.74) is 0. The molecule has 0 aromatic carbocycles. The van der Waals surface area contributed by atoms with Crippen LogP contribution in [0.2, 0.25) is 0 Å². The van der Waals surface area contributed by atoms with Gasteiger partial charge in [-0.15, -0.1) is 0 Å². The number of rotatable bonds is 3. The molecule has 1 saturated heterocycles. The Morgan fingerprint density at radius 1 is 1.47 bits per heavy atom. The van der Waals surface area contributed by atoms with E-state index in [-0.39, 0.29) is 6.03 Å². The fraction of sp³-hybridized carbons (Fsp3) is 0.778. The molecule has 0 saturated carbocycles. The normalized spacial score (nSPS) is 18.3. The molecule has 2 amide bonds. The molecule has 1 heterocycles. The van der Waals surface area contributed by atoms with Crippen molar-refractivity contribution in [2.24, 2.45) is 0 Å². The van der Waals surface area contributed by atoms with Crippen LogP contribution in [0.25, 0.3) is 0 Å². The number of nitrogens with zero attached hydrogens (tertiary/aromatic N) is 1. The summed E-state index contributed by atoms with van der Waals surface area (Å²) in [6.45, 7) is 3.77. The Balaban J connectivity index is 2.42. The highest BCUT2D eigenvalue weighted by atomic mass is 16.5. The van der Waals surface area contributed by atoms with Crippen molar-refractivity contribution in [1.29, 1.82) is 0 Å². The quantitative estimate of drug-likeness (QED) is 0.690. The number of morpholine rings is 1. The van der Waals surface area contributed by atoms with Crippen LogP contribution in [0.4, 0.5) is 4.79 Å². The van der Waals surface area contributed by atoms with E-state index in [0.29, 0.717) is 32.7 Å². The third-order valence-electron chi connectivity index (χ3n) is 2.30. The number of nitrogens with one attached hydrogen (secondary N) is 1. The van der Waals surface area contributed by atoms with Crippen LogP contribution < -0.4 is 5.32 Å². The highest BCUT2D eigenvalue weighted by Gasteiger charge is 2.22. The van der Waals surface area contributed by atoms with Crippen molar-refractivity contribution in [2.45, 2.75) is 19.4 Å². The first-order valence-electron chi connectivity index (χ1n) is 5.01. The van der Waals surface area contributed by atoms with Gasteiger partial charge in [0, 0.05) is 13.1 Å². The molecule has 15 heavy (non-hydrogen) atoms. The topological polar surface area (TPSA) is 78.9 Å². The predicted octanol–water partition coefficient (Wildman–Crippen LogP) is -0.109. The van der Waals surface area contributed by atoms with Gasteiger partial charge < -0.3 is 20.1 Å². The first kappa shape index (κ1) is 11.8. The van der Waals surface area contributed by atoms with Crippen LogP contribution in [0.15, 0.2) is 0 Å². The summed E-state index contributed by atoms with van der Waals surface area (Å²) in [5.74, 6) is -1.00. The second kappa shape index (κ2) is 5.55. The molecule has 0 aliphatic carbocycles. The van der Waals surface area contributed by atoms with Crippen LogP contribution in [0.5, 0.6) is 0 Å². The number of ether oxygens (including phenoxy) is 1. The van der Waals surface area contributed by atoms with Gasteiger partial charge in [-0.1, -0.05) is 6.92 Å². The van der Waals surface area contributed by atoms with E-state index in [1.807, 2.05) is 0 Å². The molecule has 0 aromatic heterocycles. The Hall–Kier alpha value is -1.30. The minimum Gasteiger partial charge on any atom is -0.480 e. The van der Waals surface area contributed by atoms with Crippen LogP contribution in [0.1, 0.15) is 13.3 Å². The molecule has 1 aliphatic rings. The molecule has 6 nitrogen and oxygen atoms in total. The zero-order chi connectivity index (χ0) is 11.3. The van der Waals surface area contributed by atoms with E-state index < -0.39 is 12.0 Å². The molecule has 0 radical (unpaired) electrons. The van der Waals surface area contributed by atoms with Gasteiger partial charge in [0.1, 0.15) is 6.04 Å². The monoisotopic (exact) mass is 216 g/mol. The molecule has 86 valence electrons. The van der Waals surface area contributed by atoms with Gasteiger partial charge in [0.05, 0.1) is 13.2 Å². The number of carbonyl (C=O) groups is 2. The lowest BCUT2D eigenvalue weighted by Gasteiger charge is -2.28. The lowest BCUT2D eigenvalue weighted by atomic mass is 10.2. The number of hydrogen-bond acceptors (Lipinski definition) is 3. The minimum atomic E-state index is -1.00. The van der Waals surface area contributed by atoms with E-state index in [4.69, 9.17) is 9.84 Å². The molecule has 2 N–H and O–H groups in total. The Morgan fingerprint density at radius 2 is 2.07 bits per heavy atom. The van der Waals surface area contributed by atoms with Crippen LogP contribution in [0, 0.1) is 0 Å². The van der Waals surface area contributed by atoms with Crippen molar-refractivity contribution in [3.05, 3.63) is 0 Å². The fourth-order valence-electron chi connectivity index (χ4n) is 1.35. The molecule has 0 unspecified atom stereocenters. The van der Waals surface area contributed by atoms with Crippen molar-refractivity contribution in [3.63, 3.8) is 0 Å². The van der Waals surface area contributed by atoms with Gasteiger partial charge >= 0.3 is 12.0 Å². The highest BCUT2D eigenvalue weighted by molar-refractivity contribution is 5.82.